The summed E-state index contributed by atoms with van der Waals surface area (Å²) in [6, 6.07) is 5.07. The predicted octanol–water partition coefficient (Wildman–Crippen LogP) is 1.76. The van der Waals surface area contributed by atoms with Crippen molar-refractivity contribution in [3.8, 4) is 11.5 Å². The summed E-state index contributed by atoms with van der Waals surface area (Å²) < 4.78 is 10.4. The average molecular weight is 351 g/mol. The van der Waals surface area contributed by atoms with Gasteiger partial charge in [-0.2, -0.15) is 0 Å². The quantitative estimate of drug-likeness (QED) is 0.660. The number of hydrogen-bond acceptors (Lipinski definition) is 5. The molecule has 0 aromatic heterocycles. The highest BCUT2D eigenvalue weighted by molar-refractivity contribution is 5.91. The number of hydrogen-bond donors (Lipinski definition) is 3. The molecule has 0 radical (unpaired) electrons. The number of nitrogens with zero attached hydrogens (tertiary/aromatic N) is 1. The molecule has 0 unspecified atom stereocenters. The van der Waals surface area contributed by atoms with Gasteiger partial charge in [0.05, 0.1) is 26.5 Å². The molecule has 1 aromatic carbocycles. The minimum Gasteiger partial charge on any atom is -0.497 e. The Morgan fingerprint density at radius 3 is 2.56 bits per heavy atom. The fraction of sp³-hybridized carbons (Fsp3) is 0.529. The van der Waals surface area contributed by atoms with Gasteiger partial charge in [0.1, 0.15) is 11.5 Å². The number of benzene rings is 1. The molecule has 3 N–H and O–H groups in total. The third-order valence-electron chi connectivity index (χ3n) is 4.37. The Bertz CT molecular complexity index is 616. The highest BCUT2D eigenvalue weighted by atomic mass is 16.5. The first kappa shape index (κ1) is 18.9. The van der Waals surface area contributed by atoms with Crippen LogP contribution in [0.2, 0.25) is 0 Å². The Balaban J connectivity index is 1.83. The van der Waals surface area contributed by atoms with Crippen LogP contribution in [0, 0.1) is 0 Å². The monoisotopic (exact) mass is 351 g/mol. The van der Waals surface area contributed by atoms with E-state index in [0.717, 1.165) is 12.8 Å². The number of rotatable bonds is 8. The Labute approximate surface area is 147 Å². The molecule has 0 bridgehead atoms. The van der Waals surface area contributed by atoms with Crippen LogP contribution in [0.15, 0.2) is 18.2 Å². The summed E-state index contributed by atoms with van der Waals surface area (Å²) >= 11 is 0. The van der Waals surface area contributed by atoms with Crippen LogP contribution in [0.5, 0.6) is 11.5 Å². The maximum atomic E-state index is 12.1. The molecular formula is C17H25N3O5. The number of carboxylic acids is 1. The van der Waals surface area contributed by atoms with E-state index in [1.807, 2.05) is 11.8 Å². The average Bonchev–Trinajstić information content (AvgIpc) is 2.56. The number of carboxylic acid groups (broad SMARTS) is 1. The van der Waals surface area contributed by atoms with Crippen LogP contribution in [0.3, 0.4) is 0 Å². The molecule has 1 fully saturated rings. The first-order valence-electron chi connectivity index (χ1n) is 8.22. The molecule has 0 heterocycles. The largest absolute Gasteiger partial charge is 0.497 e. The number of amides is 2. The van der Waals surface area contributed by atoms with E-state index < -0.39 is 5.97 Å². The van der Waals surface area contributed by atoms with Crippen molar-refractivity contribution in [1.82, 2.24) is 10.2 Å². The van der Waals surface area contributed by atoms with Crippen molar-refractivity contribution in [3.05, 3.63) is 18.2 Å². The molecule has 8 nitrogen and oxygen atoms in total. The summed E-state index contributed by atoms with van der Waals surface area (Å²) in [6.07, 6.45) is 1.49. The summed E-state index contributed by atoms with van der Waals surface area (Å²) in [5, 5.41) is 14.6. The van der Waals surface area contributed by atoms with Crippen LogP contribution in [0.1, 0.15) is 19.8 Å². The molecule has 1 aliphatic rings. The molecule has 138 valence electrons. The number of aliphatic carboxylic acids is 1. The van der Waals surface area contributed by atoms with Crippen molar-refractivity contribution < 1.29 is 24.2 Å². The Morgan fingerprint density at radius 2 is 2.00 bits per heavy atom. The second-order valence-corrected chi connectivity index (χ2v) is 5.94. The zero-order valence-electron chi connectivity index (χ0n) is 14.7. The zero-order valence-corrected chi connectivity index (χ0v) is 14.7. The number of urea groups is 1. The summed E-state index contributed by atoms with van der Waals surface area (Å²) in [5.41, 5.74) is 0.553. The van der Waals surface area contributed by atoms with E-state index in [1.54, 1.807) is 25.3 Å². The van der Waals surface area contributed by atoms with Crippen LogP contribution in [0.4, 0.5) is 10.5 Å². The second-order valence-electron chi connectivity index (χ2n) is 5.94. The minimum absolute atomic E-state index is 0.0309. The van der Waals surface area contributed by atoms with Gasteiger partial charge in [0.25, 0.3) is 0 Å². The van der Waals surface area contributed by atoms with Gasteiger partial charge >= 0.3 is 12.0 Å². The van der Waals surface area contributed by atoms with E-state index in [4.69, 9.17) is 14.6 Å². The maximum Gasteiger partial charge on any atom is 0.319 e. The number of nitrogens with one attached hydrogen (secondary N) is 2. The first-order chi connectivity index (χ1) is 12.0. The van der Waals surface area contributed by atoms with Crippen LogP contribution in [-0.2, 0) is 4.79 Å². The van der Waals surface area contributed by atoms with Gasteiger partial charge in [-0.3, -0.25) is 9.69 Å². The van der Waals surface area contributed by atoms with Gasteiger partial charge in [-0.1, -0.05) is 6.92 Å². The van der Waals surface area contributed by atoms with Crippen LogP contribution in [-0.4, -0.2) is 61.4 Å². The van der Waals surface area contributed by atoms with Gasteiger partial charge in [-0.05, 0) is 31.5 Å². The van der Waals surface area contributed by atoms with Crippen molar-refractivity contribution in [2.75, 3.05) is 32.6 Å². The number of carbonyl (C=O) groups is 2. The predicted molar refractivity (Wildman–Crippen MR) is 93.4 cm³/mol. The smallest absolute Gasteiger partial charge is 0.319 e. The molecule has 2 rings (SSSR count). The second kappa shape index (κ2) is 8.57. The molecule has 1 saturated carbocycles. The summed E-state index contributed by atoms with van der Waals surface area (Å²) in [5.74, 6) is 0.324. The van der Waals surface area contributed by atoms with Crippen molar-refractivity contribution in [1.29, 1.82) is 0 Å². The summed E-state index contributed by atoms with van der Waals surface area (Å²) in [6.45, 7) is 2.65. The molecule has 0 saturated heterocycles. The fourth-order valence-corrected chi connectivity index (χ4v) is 2.92. The van der Waals surface area contributed by atoms with E-state index in [0.29, 0.717) is 23.7 Å². The van der Waals surface area contributed by atoms with Crippen molar-refractivity contribution in [2.24, 2.45) is 0 Å². The lowest BCUT2D eigenvalue weighted by molar-refractivity contribution is -0.139. The Hall–Kier alpha value is -2.48. The molecule has 1 aliphatic carbocycles. The highest BCUT2D eigenvalue weighted by Gasteiger charge is 2.34. The number of ether oxygens (including phenoxy) is 2. The standard InChI is InChI=1S/C17H25N3O5/c1-4-20(10-16(21)22)12-7-11(8-12)18-17(23)19-14-6-5-13(24-2)9-15(14)25-3/h5-6,9,11-12H,4,7-8,10H2,1-3H3,(H,21,22)(H2,18,19,23). The number of anilines is 1. The Kier molecular flexibility index (Phi) is 6.46. The third kappa shape index (κ3) is 4.99. The highest BCUT2D eigenvalue weighted by Crippen LogP contribution is 2.29. The number of likely N-dealkylation sites (N-methyl/N-ethyl adjacent to an activating group) is 1. The van der Waals surface area contributed by atoms with Gasteiger partial charge in [0, 0.05) is 18.2 Å². The zero-order chi connectivity index (χ0) is 18.4. The van der Waals surface area contributed by atoms with Gasteiger partial charge in [0.2, 0.25) is 0 Å². The van der Waals surface area contributed by atoms with Gasteiger partial charge < -0.3 is 25.2 Å². The van der Waals surface area contributed by atoms with E-state index in [2.05, 4.69) is 10.6 Å². The van der Waals surface area contributed by atoms with Crippen molar-refractivity contribution >= 4 is 17.7 Å². The lowest BCUT2D eigenvalue weighted by Crippen LogP contribution is -2.55. The minimum atomic E-state index is -0.831. The van der Waals surface area contributed by atoms with Gasteiger partial charge in [-0.25, -0.2) is 4.79 Å². The SMILES string of the molecule is CCN(CC(=O)O)C1CC(NC(=O)Nc2ccc(OC)cc2OC)C1. The maximum absolute atomic E-state index is 12.1. The molecule has 1 aromatic rings. The molecule has 2 amide bonds. The van der Waals surface area contributed by atoms with E-state index >= 15 is 0 Å². The molecule has 0 aliphatic heterocycles. The number of carbonyl (C=O) groups excluding carboxylic acids is 1. The van der Waals surface area contributed by atoms with Crippen LogP contribution >= 0.6 is 0 Å². The normalized spacial score (nSPS) is 19.0. The topological polar surface area (TPSA) is 100 Å². The van der Waals surface area contributed by atoms with E-state index in [1.165, 1.54) is 7.11 Å². The first-order valence-corrected chi connectivity index (χ1v) is 8.22. The van der Waals surface area contributed by atoms with E-state index in [-0.39, 0.29) is 24.7 Å². The fourth-order valence-electron chi connectivity index (χ4n) is 2.92. The Morgan fingerprint density at radius 1 is 1.28 bits per heavy atom. The van der Waals surface area contributed by atoms with Crippen LogP contribution < -0.4 is 20.1 Å². The molecular weight excluding hydrogens is 326 g/mol. The lowest BCUT2D eigenvalue weighted by atomic mass is 9.85. The summed E-state index contributed by atoms with van der Waals surface area (Å²) in [7, 11) is 3.09. The van der Waals surface area contributed by atoms with Crippen molar-refractivity contribution in [3.63, 3.8) is 0 Å². The molecule has 25 heavy (non-hydrogen) atoms. The van der Waals surface area contributed by atoms with Gasteiger partial charge in [0.15, 0.2) is 0 Å². The molecule has 8 heteroatoms. The lowest BCUT2D eigenvalue weighted by Gasteiger charge is -2.42. The van der Waals surface area contributed by atoms with Crippen molar-refractivity contribution in [2.45, 2.75) is 31.8 Å². The third-order valence-corrected chi connectivity index (χ3v) is 4.37. The van der Waals surface area contributed by atoms with E-state index in [9.17, 15) is 9.59 Å². The number of methoxy groups -OCH3 is 2. The molecule has 0 spiro atoms. The molecule has 0 atom stereocenters. The summed E-state index contributed by atoms with van der Waals surface area (Å²) in [4.78, 5) is 24.9. The van der Waals surface area contributed by atoms with Gasteiger partial charge in [-0.15, -0.1) is 0 Å². The van der Waals surface area contributed by atoms with Crippen LogP contribution in [0.25, 0.3) is 0 Å².